The number of halogens is 1. The number of aromatic nitrogens is 2. The number of carbonyl (C=O) groups is 1. The molecule has 0 atom stereocenters. The third-order valence-corrected chi connectivity index (χ3v) is 3.22. The molecule has 4 heteroatoms. The number of nitrogens with zero attached hydrogens (tertiary/aromatic N) is 2. The molecule has 2 aromatic rings. The molecule has 0 aliphatic heterocycles. The highest BCUT2D eigenvalue weighted by Gasteiger charge is 2.13. The number of aryl methyl sites for hydroxylation is 1. The summed E-state index contributed by atoms with van der Waals surface area (Å²) in [5, 5.41) is 4.37. The van der Waals surface area contributed by atoms with E-state index in [4.69, 9.17) is 0 Å². The van der Waals surface area contributed by atoms with Gasteiger partial charge in [-0.05, 0) is 41.9 Å². The maximum atomic E-state index is 10.9. The lowest BCUT2D eigenvalue weighted by molar-refractivity contribution is 0.112. The smallest absolute Gasteiger partial charge is 0.153 e. The zero-order chi connectivity index (χ0) is 11.7. The van der Waals surface area contributed by atoms with Gasteiger partial charge < -0.3 is 0 Å². The highest BCUT2D eigenvalue weighted by molar-refractivity contribution is 9.10. The molecule has 0 saturated carbocycles. The number of hydrogen-bond donors (Lipinski definition) is 0. The Labute approximate surface area is 102 Å². The highest BCUT2D eigenvalue weighted by Crippen LogP contribution is 2.23. The van der Waals surface area contributed by atoms with E-state index in [0.717, 1.165) is 27.8 Å². The second-order valence-corrected chi connectivity index (χ2v) is 4.42. The number of para-hydroxylation sites is 1. The molecule has 0 saturated heterocycles. The van der Waals surface area contributed by atoms with Crippen LogP contribution in [0.5, 0.6) is 0 Å². The molecule has 0 amide bonds. The predicted octanol–water partition coefficient (Wildman–Crippen LogP) is 3.06. The normalized spacial score (nSPS) is 10.4. The van der Waals surface area contributed by atoms with Gasteiger partial charge in [-0.25, -0.2) is 4.68 Å². The van der Waals surface area contributed by atoms with E-state index in [9.17, 15) is 4.79 Å². The maximum Gasteiger partial charge on any atom is 0.153 e. The fourth-order valence-electron chi connectivity index (χ4n) is 1.68. The molecule has 1 aromatic heterocycles. The first-order valence-corrected chi connectivity index (χ1v) is 5.70. The largest absolute Gasteiger partial charge is 0.298 e. The monoisotopic (exact) mass is 278 g/mol. The summed E-state index contributed by atoms with van der Waals surface area (Å²) >= 11 is 3.47. The summed E-state index contributed by atoms with van der Waals surface area (Å²) in [6, 6.07) is 7.79. The first-order chi connectivity index (χ1) is 7.65. The highest BCUT2D eigenvalue weighted by atomic mass is 79.9. The van der Waals surface area contributed by atoms with Gasteiger partial charge in [-0.15, -0.1) is 0 Å². The Morgan fingerprint density at radius 1 is 1.31 bits per heavy atom. The minimum Gasteiger partial charge on any atom is -0.298 e. The predicted molar refractivity (Wildman–Crippen MR) is 66.1 cm³/mol. The van der Waals surface area contributed by atoms with Crippen LogP contribution in [0.4, 0.5) is 0 Å². The van der Waals surface area contributed by atoms with Crippen molar-refractivity contribution in [1.82, 2.24) is 9.78 Å². The van der Waals surface area contributed by atoms with E-state index in [-0.39, 0.29) is 0 Å². The Morgan fingerprint density at radius 2 is 2.00 bits per heavy atom. The van der Waals surface area contributed by atoms with Gasteiger partial charge in [0.15, 0.2) is 6.29 Å². The van der Waals surface area contributed by atoms with Crippen LogP contribution in [0.15, 0.2) is 28.7 Å². The fraction of sp³-hybridized carbons (Fsp3) is 0.167. The molecule has 16 heavy (non-hydrogen) atoms. The number of hydrogen-bond acceptors (Lipinski definition) is 2. The Morgan fingerprint density at radius 3 is 2.56 bits per heavy atom. The van der Waals surface area contributed by atoms with Crippen molar-refractivity contribution in [3.8, 4) is 5.69 Å². The van der Waals surface area contributed by atoms with Gasteiger partial charge >= 0.3 is 0 Å². The van der Waals surface area contributed by atoms with Gasteiger partial charge in [0.25, 0.3) is 0 Å². The number of aldehydes is 1. The summed E-state index contributed by atoms with van der Waals surface area (Å²) in [5.74, 6) is 0. The number of carbonyl (C=O) groups excluding carboxylic acids is 1. The van der Waals surface area contributed by atoms with E-state index in [1.165, 1.54) is 0 Å². The van der Waals surface area contributed by atoms with Crippen LogP contribution in [0.2, 0.25) is 0 Å². The van der Waals surface area contributed by atoms with Gasteiger partial charge in [-0.1, -0.05) is 12.1 Å². The van der Waals surface area contributed by atoms with Gasteiger partial charge in [0.1, 0.15) is 0 Å². The molecule has 3 nitrogen and oxygen atoms in total. The lowest BCUT2D eigenvalue weighted by atomic mass is 10.2. The number of rotatable bonds is 2. The minimum absolute atomic E-state index is 0.663. The van der Waals surface area contributed by atoms with E-state index in [2.05, 4.69) is 21.0 Å². The third kappa shape index (κ3) is 1.69. The second-order valence-electron chi connectivity index (χ2n) is 3.57. The molecule has 0 N–H and O–H groups in total. The van der Waals surface area contributed by atoms with E-state index >= 15 is 0 Å². The maximum absolute atomic E-state index is 10.9. The van der Waals surface area contributed by atoms with Crippen molar-refractivity contribution in [2.45, 2.75) is 13.8 Å². The van der Waals surface area contributed by atoms with E-state index < -0.39 is 0 Å². The fourth-order valence-corrected chi connectivity index (χ4v) is 2.14. The molecule has 0 aliphatic carbocycles. The average molecular weight is 279 g/mol. The first-order valence-electron chi connectivity index (χ1n) is 4.91. The van der Waals surface area contributed by atoms with Gasteiger partial charge in [-0.3, -0.25) is 4.79 Å². The summed E-state index contributed by atoms with van der Waals surface area (Å²) in [5.41, 5.74) is 3.22. The van der Waals surface area contributed by atoms with Crippen LogP contribution < -0.4 is 0 Å². The van der Waals surface area contributed by atoms with E-state index in [0.29, 0.717) is 5.56 Å². The quantitative estimate of drug-likeness (QED) is 0.792. The van der Waals surface area contributed by atoms with Crippen LogP contribution in [0.3, 0.4) is 0 Å². The Hall–Kier alpha value is -1.42. The summed E-state index contributed by atoms with van der Waals surface area (Å²) in [6.07, 6.45) is 0.852. The molecule has 0 aliphatic rings. The average Bonchev–Trinajstić information content (AvgIpc) is 2.55. The van der Waals surface area contributed by atoms with Crippen molar-refractivity contribution >= 4 is 22.2 Å². The Balaban J connectivity index is 2.66. The van der Waals surface area contributed by atoms with Crippen LogP contribution >= 0.6 is 15.9 Å². The Kier molecular flexibility index (Phi) is 2.92. The zero-order valence-corrected chi connectivity index (χ0v) is 10.7. The van der Waals surface area contributed by atoms with Crippen LogP contribution in [-0.2, 0) is 0 Å². The van der Waals surface area contributed by atoms with Gasteiger partial charge in [0.05, 0.1) is 22.6 Å². The van der Waals surface area contributed by atoms with E-state index in [1.807, 2.05) is 38.1 Å². The zero-order valence-electron chi connectivity index (χ0n) is 9.07. The van der Waals surface area contributed by atoms with Crippen LogP contribution in [0.1, 0.15) is 21.7 Å². The topological polar surface area (TPSA) is 34.9 Å². The van der Waals surface area contributed by atoms with Crippen molar-refractivity contribution in [1.29, 1.82) is 0 Å². The minimum atomic E-state index is 0.663. The van der Waals surface area contributed by atoms with Crippen LogP contribution in [0, 0.1) is 13.8 Å². The molecule has 0 unspecified atom stereocenters. The van der Waals surface area contributed by atoms with Gasteiger partial charge in [-0.2, -0.15) is 5.10 Å². The molecule has 0 radical (unpaired) electrons. The second kappa shape index (κ2) is 4.22. The lowest BCUT2D eigenvalue weighted by Crippen LogP contribution is -2.00. The molecular weight excluding hydrogens is 268 g/mol. The van der Waals surface area contributed by atoms with Crippen molar-refractivity contribution in [3.63, 3.8) is 0 Å². The van der Waals surface area contributed by atoms with Crippen molar-refractivity contribution in [2.75, 3.05) is 0 Å². The lowest BCUT2D eigenvalue weighted by Gasteiger charge is -2.06. The van der Waals surface area contributed by atoms with Crippen LogP contribution in [-0.4, -0.2) is 16.1 Å². The molecule has 0 spiro atoms. The SMILES string of the molecule is Cc1nn(-c2ccccc2Br)c(C)c1C=O. The summed E-state index contributed by atoms with van der Waals surface area (Å²) < 4.78 is 2.74. The Bertz CT molecular complexity index is 546. The van der Waals surface area contributed by atoms with Crippen molar-refractivity contribution in [2.24, 2.45) is 0 Å². The molecular formula is C12H11BrN2O. The van der Waals surface area contributed by atoms with Crippen LogP contribution in [0.25, 0.3) is 5.69 Å². The van der Waals surface area contributed by atoms with Gasteiger partial charge in [0, 0.05) is 4.47 Å². The molecule has 0 fully saturated rings. The van der Waals surface area contributed by atoms with Crippen molar-refractivity contribution in [3.05, 3.63) is 45.7 Å². The molecule has 2 rings (SSSR count). The molecule has 1 aromatic carbocycles. The summed E-state index contributed by atoms with van der Waals surface area (Å²) in [4.78, 5) is 10.9. The van der Waals surface area contributed by atoms with E-state index in [1.54, 1.807) is 4.68 Å². The van der Waals surface area contributed by atoms with Gasteiger partial charge in [0.2, 0.25) is 0 Å². The summed E-state index contributed by atoms with van der Waals surface area (Å²) in [7, 11) is 0. The molecule has 1 heterocycles. The molecule has 0 bridgehead atoms. The summed E-state index contributed by atoms with van der Waals surface area (Å²) in [6.45, 7) is 3.73. The third-order valence-electron chi connectivity index (χ3n) is 2.55. The first kappa shape index (κ1) is 11.1. The molecule has 82 valence electrons. The number of benzene rings is 1. The van der Waals surface area contributed by atoms with Crippen molar-refractivity contribution < 1.29 is 4.79 Å². The standard InChI is InChI=1S/C12H11BrN2O/c1-8-10(7-16)9(2)15(14-8)12-6-4-3-5-11(12)13/h3-7H,1-2H3.